The van der Waals surface area contributed by atoms with E-state index in [9.17, 15) is 8.42 Å². The molecule has 0 heterocycles. The maximum Gasteiger partial charge on any atom is 0.243 e. The number of likely N-dealkylation sites (N-methyl/N-ethyl adjacent to an activating group) is 1. The van der Waals surface area contributed by atoms with Gasteiger partial charge in [-0.15, -0.1) is 0 Å². The lowest BCUT2D eigenvalue weighted by Gasteiger charge is -2.19. The van der Waals surface area contributed by atoms with Crippen LogP contribution in [0, 0.1) is 0 Å². The second-order valence-electron chi connectivity index (χ2n) is 3.48. The van der Waals surface area contributed by atoms with Gasteiger partial charge in [0.2, 0.25) is 10.0 Å². The van der Waals surface area contributed by atoms with Crippen LogP contribution in [0.5, 0.6) is 0 Å². The van der Waals surface area contributed by atoms with Crippen molar-refractivity contribution >= 4 is 27.5 Å². The number of hydrogen-bond donors (Lipinski definition) is 2. The highest BCUT2D eigenvalue weighted by Gasteiger charge is 2.23. The Morgan fingerprint density at radius 1 is 1.44 bits per heavy atom. The highest BCUT2D eigenvalue weighted by molar-refractivity contribution is 7.89. The Hall–Kier alpha value is -1.31. The molecule has 8 heteroatoms. The number of oxime groups is 1. The van der Waals surface area contributed by atoms with Gasteiger partial charge in [-0.3, -0.25) is 0 Å². The molecule has 0 amide bonds. The molecule has 3 N–H and O–H groups in total. The van der Waals surface area contributed by atoms with Gasteiger partial charge < -0.3 is 10.9 Å². The van der Waals surface area contributed by atoms with E-state index in [0.717, 1.165) is 4.31 Å². The molecule has 1 aromatic carbocycles. The molecule has 0 bridgehead atoms. The van der Waals surface area contributed by atoms with E-state index in [1.54, 1.807) is 6.92 Å². The predicted octanol–water partition coefficient (Wildman–Crippen LogP) is 1.10. The Morgan fingerprint density at radius 2 is 2.00 bits per heavy atom. The maximum absolute atomic E-state index is 12.2. The Balaban J connectivity index is 3.07. The third kappa shape index (κ3) is 3.34. The summed E-state index contributed by atoms with van der Waals surface area (Å²) in [6.07, 6.45) is 0. The molecule has 0 fully saturated rings. The maximum atomic E-state index is 12.2. The normalized spacial score (nSPS) is 12.9. The summed E-state index contributed by atoms with van der Waals surface area (Å²) < 4.78 is 25.5. The number of nitrogens with two attached hydrogens (primary N) is 1. The molecular weight excluding hydrogens is 278 g/mol. The molecule has 0 aliphatic rings. The van der Waals surface area contributed by atoms with Gasteiger partial charge in [0.1, 0.15) is 0 Å². The van der Waals surface area contributed by atoms with Gasteiger partial charge in [0, 0.05) is 11.6 Å². The number of hydrogen-bond acceptors (Lipinski definition) is 4. The Morgan fingerprint density at radius 3 is 2.44 bits per heavy atom. The van der Waals surface area contributed by atoms with Gasteiger partial charge in [0.05, 0.1) is 11.4 Å². The van der Waals surface area contributed by atoms with Crippen LogP contribution in [-0.4, -0.2) is 36.9 Å². The SMILES string of the molecule is CCN(CC(N)=NO)S(=O)(=O)c1ccc(Cl)cc1. The van der Waals surface area contributed by atoms with Crippen molar-refractivity contribution < 1.29 is 13.6 Å². The van der Waals surface area contributed by atoms with Gasteiger partial charge in [-0.05, 0) is 24.3 Å². The molecule has 0 aliphatic heterocycles. The first kappa shape index (κ1) is 14.7. The molecule has 0 unspecified atom stereocenters. The van der Waals surface area contributed by atoms with Crippen molar-refractivity contribution in [2.45, 2.75) is 11.8 Å². The predicted molar refractivity (Wildman–Crippen MR) is 69.3 cm³/mol. The second kappa shape index (κ2) is 6.03. The molecule has 18 heavy (non-hydrogen) atoms. The van der Waals surface area contributed by atoms with E-state index >= 15 is 0 Å². The summed E-state index contributed by atoms with van der Waals surface area (Å²) in [5.74, 6) is -0.172. The van der Waals surface area contributed by atoms with Crippen molar-refractivity contribution in [3.05, 3.63) is 29.3 Å². The first-order valence-corrected chi connectivity index (χ1v) is 6.95. The van der Waals surface area contributed by atoms with Crippen LogP contribution in [0.15, 0.2) is 34.3 Å². The minimum absolute atomic E-state index is 0.111. The first-order chi connectivity index (χ1) is 8.41. The fourth-order valence-electron chi connectivity index (χ4n) is 1.33. The Labute approximate surface area is 111 Å². The first-order valence-electron chi connectivity index (χ1n) is 5.14. The minimum Gasteiger partial charge on any atom is -0.409 e. The smallest absolute Gasteiger partial charge is 0.243 e. The molecule has 1 aromatic rings. The molecule has 6 nitrogen and oxygen atoms in total. The minimum atomic E-state index is -3.67. The van der Waals surface area contributed by atoms with Crippen molar-refractivity contribution in [1.29, 1.82) is 0 Å². The zero-order valence-electron chi connectivity index (χ0n) is 9.75. The van der Waals surface area contributed by atoms with Gasteiger partial charge >= 0.3 is 0 Å². The molecule has 0 aliphatic carbocycles. The van der Waals surface area contributed by atoms with Crippen LogP contribution in [-0.2, 0) is 10.0 Å². The van der Waals surface area contributed by atoms with E-state index in [2.05, 4.69) is 5.16 Å². The van der Waals surface area contributed by atoms with E-state index in [4.69, 9.17) is 22.5 Å². The monoisotopic (exact) mass is 291 g/mol. The summed E-state index contributed by atoms with van der Waals surface area (Å²) in [5, 5.41) is 11.7. The van der Waals surface area contributed by atoms with Crippen LogP contribution in [0.3, 0.4) is 0 Å². The lowest BCUT2D eigenvalue weighted by molar-refractivity contribution is 0.315. The van der Waals surface area contributed by atoms with Crippen LogP contribution >= 0.6 is 11.6 Å². The molecule has 0 spiro atoms. The van der Waals surface area contributed by atoms with Gasteiger partial charge in [-0.1, -0.05) is 23.7 Å². The van der Waals surface area contributed by atoms with Crippen LogP contribution in [0.4, 0.5) is 0 Å². The van der Waals surface area contributed by atoms with E-state index in [1.165, 1.54) is 24.3 Å². The van der Waals surface area contributed by atoms with E-state index < -0.39 is 10.0 Å². The van der Waals surface area contributed by atoms with Crippen LogP contribution in [0.2, 0.25) is 5.02 Å². The lowest BCUT2D eigenvalue weighted by atomic mass is 10.4. The third-order valence-electron chi connectivity index (χ3n) is 2.27. The lowest BCUT2D eigenvalue weighted by Crippen LogP contribution is -2.38. The number of benzene rings is 1. The zero-order chi connectivity index (χ0) is 13.8. The van der Waals surface area contributed by atoms with E-state index in [-0.39, 0.29) is 23.8 Å². The van der Waals surface area contributed by atoms with Crippen molar-refractivity contribution in [2.75, 3.05) is 13.1 Å². The molecule has 0 aromatic heterocycles. The van der Waals surface area contributed by atoms with Crippen LogP contribution < -0.4 is 5.73 Å². The summed E-state index contributed by atoms with van der Waals surface area (Å²) in [5.41, 5.74) is 5.32. The number of sulfonamides is 1. The van der Waals surface area contributed by atoms with Gasteiger partial charge in [-0.2, -0.15) is 4.31 Å². The topological polar surface area (TPSA) is 96.0 Å². The average Bonchev–Trinajstić information content (AvgIpc) is 2.35. The van der Waals surface area contributed by atoms with Crippen molar-refractivity contribution in [3.63, 3.8) is 0 Å². The van der Waals surface area contributed by atoms with Crippen LogP contribution in [0.25, 0.3) is 0 Å². The summed E-state index contributed by atoms with van der Waals surface area (Å²) in [7, 11) is -3.67. The largest absolute Gasteiger partial charge is 0.409 e. The molecule has 0 radical (unpaired) electrons. The van der Waals surface area contributed by atoms with Crippen molar-refractivity contribution in [1.82, 2.24) is 4.31 Å². The Kier molecular flexibility index (Phi) is 4.94. The summed E-state index contributed by atoms with van der Waals surface area (Å²) in [6.45, 7) is 1.71. The highest BCUT2D eigenvalue weighted by Crippen LogP contribution is 2.18. The van der Waals surface area contributed by atoms with Crippen LogP contribution in [0.1, 0.15) is 6.92 Å². The average molecular weight is 292 g/mol. The number of rotatable bonds is 5. The van der Waals surface area contributed by atoms with Crippen molar-refractivity contribution in [3.8, 4) is 0 Å². The zero-order valence-corrected chi connectivity index (χ0v) is 11.3. The summed E-state index contributed by atoms with van der Waals surface area (Å²) in [6, 6.07) is 5.80. The van der Waals surface area contributed by atoms with E-state index in [0.29, 0.717) is 5.02 Å². The Bertz CT molecular complexity index is 528. The molecule has 100 valence electrons. The standard InChI is InChI=1S/C10H14ClN3O3S/c1-2-14(7-10(12)13-15)18(16,17)9-5-3-8(11)4-6-9/h3-6,15H,2,7H2,1H3,(H2,12,13). The van der Waals surface area contributed by atoms with Gasteiger partial charge in [0.15, 0.2) is 5.84 Å². The molecular formula is C10H14ClN3O3S. The fraction of sp³-hybridized carbons (Fsp3) is 0.300. The van der Waals surface area contributed by atoms with Gasteiger partial charge in [-0.25, -0.2) is 8.42 Å². The molecule has 0 saturated carbocycles. The third-order valence-corrected chi connectivity index (χ3v) is 4.46. The second-order valence-corrected chi connectivity index (χ2v) is 5.85. The molecule has 1 rings (SSSR count). The van der Waals surface area contributed by atoms with Gasteiger partial charge in [0.25, 0.3) is 0 Å². The van der Waals surface area contributed by atoms with Crippen molar-refractivity contribution in [2.24, 2.45) is 10.9 Å². The summed E-state index contributed by atoms with van der Waals surface area (Å²) >= 11 is 5.70. The quantitative estimate of drug-likeness (QED) is 0.367. The molecule has 0 atom stereocenters. The number of amidine groups is 1. The fourth-order valence-corrected chi connectivity index (χ4v) is 2.88. The molecule has 0 saturated heterocycles. The highest BCUT2D eigenvalue weighted by atomic mass is 35.5. The number of halogens is 1. The summed E-state index contributed by atoms with van der Waals surface area (Å²) in [4.78, 5) is 0.111. The van der Waals surface area contributed by atoms with E-state index in [1.807, 2.05) is 0 Å². The number of nitrogens with zero attached hydrogens (tertiary/aromatic N) is 2.